The highest BCUT2D eigenvalue weighted by molar-refractivity contribution is 5.58. The first-order valence-electron chi connectivity index (χ1n) is 4.26. The lowest BCUT2D eigenvalue weighted by atomic mass is 10.1. The van der Waals surface area contributed by atoms with E-state index in [-0.39, 0.29) is 6.61 Å². The van der Waals surface area contributed by atoms with Crippen LogP contribution in [0.2, 0.25) is 0 Å². The number of aryl methyl sites for hydroxylation is 1. The molecule has 0 saturated carbocycles. The molecular weight excluding hydrogens is 180 g/mol. The highest BCUT2D eigenvalue weighted by Crippen LogP contribution is 2.22. The van der Waals surface area contributed by atoms with Crippen LogP contribution >= 0.6 is 0 Å². The van der Waals surface area contributed by atoms with Gasteiger partial charge < -0.3 is 9.52 Å². The van der Waals surface area contributed by atoms with Gasteiger partial charge in [-0.05, 0) is 18.6 Å². The average molecular weight is 190 g/mol. The summed E-state index contributed by atoms with van der Waals surface area (Å²) in [4.78, 5) is 7.94. The Hall–Kier alpha value is -1.68. The van der Waals surface area contributed by atoms with E-state index in [4.69, 9.17) is 9.52 Å². The van der Waals surface area contributed by atoms with Crippen molar-refractivity contribution in [3.63, 3.8) is 0 Å². The smallest absolute Gasteiger partial charge is 0.181 e. The predicted molar refractivity (Wildman–Crippen MR) is 50.4 cm³/mol. The van der Waals surface area contributed by atoms with Crippen molar-refractivity contribution < 1.29 is 9.52 Å². The minimum absolute atomic E-state index is 0.125. The second-order valence-corrected chi connectivity index (χ2v) is 3.04. The Labute approximate surface area is 81.2 Å². The van der Waals surface area contributed by atoms with Crippen molar-refractivity contribution in [1.82, 2.24) is 9.97 Å². The van der Waals surface area contributed by atoms with E-state index in [9.17, 15) is 0 Å². The molecule has 4 heteroatoms. The molecule has 0 aliphatic carbocycles. The molecule has 4 nitrogen and oxygen atoms in total. The van der Waals surface area contributed by atoms with Gasteiger partial charge in [0.15, 0.2) is 12.2 Å². The van der Waals surface area contributed by atoms with Crippen LogP contribution in [0.1, 0.15) is 11.3 Å². The lowest BCUT2D eigenvalue weighted by Crippen LogP contribution is -1.88. The van der Waals surface area contributed by atoms with Crippen molar-refractivity contribution in [3.05, 3.63) is 36.1 Å². The van der Waals surface area contributed by atoms with Gasteiger partial charge in [-0.2, -0.15) is 0 Å². The zero-order valence-electron chi connectivity index (χ0n) is 7.77. The number of aliphatic hydroxyl groups excluding tert-OH is 1. The first kappa shape index (κ1) is 8.90. The molecule has 0 aliphatic rings. The maximum absolute atomic E-state index is 9.00. The molecule has 0 unspecified atom stereocenters. The number of hydrogen-bond donors (Lipinski definition) is 1. The number of aliphatic hydroxyl groups is 1. The summed E-state index contributed by atoms with van der Waals surface area (Å²) in [6.07, 6.45) is 4.77. The fraction of sp³-hybridized carbons (Fsp3) is 0.200. The molecule has 0 saturated heterocycles. The zero-order chi connectivity index (χ0) is 9.97. The summed E-state index contributed by atoms with van der Waals surface area (Å²) in [6.45, 7) is 1.82. The molecule has 14 heavy (non-hydrogen) atoms. The highest BCUT2D eigenvalue weighted by atomic mass is 16.3. The number of rotatable bonds is 2. The Bertz CT molecular complexity index is 437. The summed E-state index contributed by atoms with van der Waals surface area (Å²) in [5.74, 6) is 0.587. The van der Waals surface area contributed by atoms with Crippen molar-refractivity contribution in [3.8, 4) is 11.3 Å². The third kappa shape index (κ3) is 1.52. The minimum atomic E-state index is -0.125. The number of nitrogens with zero attached hydrogens (tertiary/aromatic N) is 2. The zero-order valence-corrected chi connectivity index (χ0v) is 7.77. The molecular formula is C10H10N2O2. The molecule has 0 amide bonds. The largest absolute Gasteiger partial charge is 0.443 e. The maximum atomic E-state index is 9.00. The molecule has 2 heterocycles. The van der Waals surface area contributed by atoms with Gasteiger partial charge in [-0.1, -0.05) is 0 Å². The molecule has 72 valence electrons. The molecule has 2 rings (SSSR count). The van der Waals surface area contributed by atoms with Crippen LogP contribution in [-0.4, -0.2) is 15.1 Å². The summed E-state index contributed by atoms with van der Waals surface area (Å²) >= 11 is 0. The van der Waals surface area contributed by atoms with Crippen molar-refractivity contribution in [2.24, 2.45) is 0 Å². The molecule has 2 aromatic rings. The first-order valence-corrected chi connectivity index (χ1v) is 4.26. The summed E-state index contributed by atoms with van der Waals surface area (Å²) < 4.78 is 5.19. The molecule has 1 N–H and O–H groups in total. The van der Waals surface area contributed by atoms with Gasteiger partial charge >= 0.3 is 0 Å². The van der Waals surface area contributed by atoms with Gasteiger partial charge in [0.1, 0.15) is 5.69 Å². The van der Waals surface area contributed by atoms with E-state index in [1.807, 2.05) is 13.0 Å². The van der Waals surface area contributed by atoms with E-state index in [2.05, 4.69) is 9.97 Å². The molecule has 0 bridgehead atoms. The van der Waals surface area contributed by atoms with Gasteiger partial charge in [0.2, 0.25) is 0 Å². The SMILES string of the molecule is Cc1cncc(-c2ocnc2CO)c1. The summed E-state index contributed by atoms with van der Waals surface area (Å²) in [6, 6.07) is 1.94. The molecule has 2 aromatic heterocycles. The van der Waals surface area contributed by atoms with Gasteiger partial charge in [0, 0.05) is 18.0 Å². The highest BCUT2D eigenvalue weighted by Gasteiger charge is 2.09. The Balaban J connectivity index is 2.49. The number of oxazole rings is 1. The first-order chi connectivity index (χ1) is 6.81. The van der Waals surface area contributed by atoms with E-state index in [1.165, 1.54) is 6.39 Å². The molecule has 0 fully saturated rings. The predicted octanol–water partition coefficient (Wildman–Crippen LogP) is 1.54. The fourth-order valence-corrected chi connectivity index (χ4v) is 1.30. The lowest BCUT2D eigenvalue weighted by Gasteiger charge is -1.98. The van der Waals surface area contributed by atoms with E-state index in [0.29, 0.717) is 11.5 Å². The number of aromatic nitrogens is 2. The van der Waals surface area contributed by atoms with E-state index in [1.54, 1.807) is 12.4 Å². The second kappa shape index (κ2) is 3.59. The fourth-order valence-electron chi connectivity index (χ4n) is 1.30. The van der Waals surface area contributed by atoms with Crippen LogP contribution in [0.5, 0.6) is 0 Å². The van der Waals surface area contributed by atoms with E-state index in [0.717, 1.165) is 11.1 Å². The van der Waals surface area contributed by atoms with Crippen LogP contribution < -0.4 is 0 Å². The topological polar surface area (TPSA) is 59.2 Å². The van der Waals surface area contributed by atoms with Crippen LogP contribution in [0.25, 0.3) is 11.3 Å². The van der Waals surface area contributed by atoms with Crippen LogP contribution in [-0.2, 0) is 6.61 Å². The minimum Gasteiger partial charge on any atom is -0.443 e. The van der Waals surface area contributed by atoms with Crippen molar-refractivity contribution in [2.75, 3.05) is 0 Å². The van der Waals surface area contributed by atoms with Crippen molar-refractivity contribution >= 4 is 0 Å². The standard InChI is InChI=1S/C10H10N2O2/c1-7-2-8(4-11-3-7)10-9(5-13)12-6-14-10/h2-4,6,13H,5H2,1H3. The van der Waals surface area contributed by atoms with Crippen molar-refractivity contribution in [2.45, 2.75) is 13.5 Å². The van der Waals surface area contributed by atoms with Gasteiger partial charge in [-0.15, -0.1) is 0 Å². The quantitative estimate of drug-likeness (QED) is 0.780. The van der Waals surface area contributed by atoms with Gasteiger partial charge in [0.05, 0.1) is 6.61 Å². The summed E-state index contributed by atoms with van der Waals surface area (Å²) in [7, 11) is 0. The molecule has 0 atom stereocenters. The third-order valence-corrected chi connectivity index (χ3v) is 1.93. The van der Waals surface area contributed by atoms with Crippen LogP contribution in [0.15, 0.2) is 29.3 Å². The number of pyridine rings is 1. The summed E-state index contributed by atoms with van der Waals surface area (Å²) in [5, 5.41) is 9.00. The summed E-state index contributed by atoms with van der Waals surface area (Å²) in [5.41, 5.74) is 2.42. The monoisotopic (exact) mass is 190 g/mol. The molecule has 0 aliphatic heterocycles. The average Bonchev–Trinajstić information content (AvgIpc) is 2.65. The van der Waals surface area contributed by atoms with E-state index >= 15 is 0 Å². The van der Waals surface area contributed by atoms with Gasteiger partial charge in [-0.25, -0.2) is 4.98 Å². The van der Waals surface area contributed by atoms with Gasteiger partial charge in [-0.3, -0.25) is 4.98 Å². The van der Waals surface area contributed by atoms with Gasteiger partial charge in [0.25, 0.3) is 0 Å². The Morgan fingerprint density at radius 1 is 1.43 bits per heavy atom. The maximum Gasteiger partial charge on any atom is 0.181 e. The Morgan fingerprint density at radius 2 is 2.29 bits per heavy atom. The van der Waals surface area contributed by atoms with Crippen LogP contribution in [0.3, 0.4) is 0 Å². The van der Waals surface area contributed by atoms with Crippen LogP contribution in [0.4, 0.5) is 0 Å². The second-order valence-electron chi connectivity index (χ2n) is 3.04. The molecule has 0 spiro atoms. The Morgan fingerprint density at radius 3 is 3.00 bits per heavy atom. The van der Waals surface area contributed by atoms with Crippen LogP contribution in [0, 0.1) is 6.92 Å². The number of hydrogen-bond acceptors (Lipinski definition) is 4. The normalized spacial score (nSPS) is 10.4. The third-order valence-electron chi connectivity index (χ3n) is 1.93. The van der Waals surface area contributed by atoms with E-state index < -0.39 is 0 Å². The molecule has 0 aromatic carbocycles. The Kier molecular flexibility index (Phi) is 2.28. The van der Waals surface area contributed by atoms with Crippen molar-refractivity contribution in [1.29, 1.82) is 0 Å². The molecule has 0 radical (unpaired) electrons. The lowest BCUT2D eigenvalue weighted by molar-refractivity contribution is 0.277.